The molecule has 11 heavy (non-hydrogen) atoms. The molecule has 0 unspecified atom stereocenters. The van der Waals surface area contributed by atoms with Crippen molar-refractivity contribution in [2.45, 2.75) is 0 Å². The topological polar surface area (TPSA) is 12.9 Å². The number of hydrogen-bond acceptors (Lipinski definition) is 2. The van der Waals surface area contributed by atoms with Crippen LogP contribution in [0.4, 0.5) is 0 Å². The predicted octanol–water partition coefficient (Wildman–Crippen LogP) is -0.165. The van der Waals surface area contributed by atoms with Crippen LogP contribution in [0.25, 0.3) is 10.2 Å². The van der Waals surface area contributed by atoms with E-state index in [4.69, 9.17) is 0 Å². The average Bonchev–Trinajstić information content (AvgIpc) is 2.33. The number of benzene rings is 1. The van der Waals surface area contributed by atoms with Crippen LogP contribution in [0.2, 0.25) is 0 Å². The van der Waals surface area contributed by atoms with E-state index in [9.17, 15) is 0 Å². The summed E-state index contributed by atoms with van der Waals surface area (Å²) in [6.45, 7) is 0. The Kier molecular flexibility index (Phi) is 5.30. The molecule has 0 bridgehead atoms. The third kappa shape index (κ3) is 2.42. The molecule has 0 aliphatic carbocycles. The second kappa shape index (κ2) is 5.12. The van der Waals surface area contributed by atoms with Crippen molar-refractivity contribution < 1.29 is 31.0 Å². The summed E-state index contributed by atoms with van der Waals surface area (Å²) >= 11 is 1.68. The number of para-hydroxylation sites is 1. The van der Waals surface area contributed by atoms with E-state index in [-0.39, 0.29) is 43.4 Å². The molecule has 2 aromatic rings. The Morgan fingerprint density at radius 3 is 2.73 bits per heavy atom. The summed E-state index contributed by atoms with van der Waals surface area (Å²) in [5, 5.41) is 0. The van der Waals surface area contributed by atoms with Crippen LogP contribution >= 0.6 is 23.7 Å². The molecule has 0 fully saturated rings. The van der Waals surface area contributed by atoms with Crippen molar-refractivity contribution >= 4 is 34.0 Å². The molecule has 0 N–H and O–H groups in total. The molecule has 0 radical (unpaired) electrons. The van der Waals surface area contributed by atoms with E-state index in [1.54, 1.807) is 11.3 Å². The molecule has 1 nitrogen and oxygen atoms in total. The molecular formula is C7H7ClNNaS. The first kappa shape index (κ1) is 11.4. The van der Waals surface area contributed by atoms with Crippen LogP contribution in [-0.4, -0.2) is 4.98 Å². The van der Waals surface area contributed by atoms with E-state index < -0.39 is 0 Å². The molecule has 2 rings (SSSR count). The van der Waals surface area contributed by atoms with E-state index in [1.807, 2.05) is 23.7 Å². The number of hydrogen-bond donors (Lipinski definition) is 0. The minimum absolute atomic E-state index is 0. The van der Waals surface area contributed by atoms with Gasteiger partial charge in [-0.15, -0.1) is 23.7 Å². The first-order valence-corrected chi connectivity index (χ1v) is 3.63. The zero-order valence-electron chi connectivity index (χ0n) is 7.15. The fourth-order valence-corrected chi connectivity index (χ4v) is 1.48. The largest absolute Gasteiger partial charge is 1.00 e. The Labute approximate surface area is 99.0 Å². The standard InChI is InChI=1S/C7H5NS.ClH.Na.H/c1-2-4-7-6(3-1)8-5-9-7;;;/h1-5H;1H;;/q;;+1;-1. The maximum absolute atomic E-state index is 4.14. The average molecular weight is 196 g/mol. The quantitative estimate of drug-likeness (QED) is 0.533. The van der Waals surface area contributed by atoms with Crippen molar-refractivity contribution in [2.24, 2.45) is 0 Å². The molecule has 1 aromatic carbocycles. The van der Waals surface area contributed by atoms with E-state index in [0.29, 0.717) is 0 Å². The Morgan fingerprint density at radius 2 is 2.00 bits per heavy atom. The van der Waals surface area contributed by atoms with Gasteiger partial charge in [0.25, 0.3) is 0 Å². The zero-order valence-corrected chi connectivity index (χ0v) is 9.78. The molecule has 0 saturated carbocycles. The number of rotatable bonds is 0. The minimum atomic E-state index is 0. The molecular weight excluding hydrogens is 189 g/mol. The van der Waals surface area contributed by atoms with Gasteiger partial charge < -0.3 is 1.43 Å². The monoisotopic (exact) mass is 195 g/mol. The van der Waals surface area contributed by atoms with Gasteiger partial charge in [0.2, 0.25) is 0 Å². The van der Waals surface area contributed by atoms with Crippen molar-refractivity contribution in [1.82, 2.24) is 4.98 Å². The Morgan fingerprint density at radius 1 is 1.27 bits per heavy atom. The van der Waals surface area contributed by atoms with Crippen molar-refractivity contribution in [2.75, 3.05) is 0 Å². The molecule has 4 heteroatoms. The Bertz CT molecular complexity index is 297. The van der Waals surface area contributed by atoms with Crippen LogP contribution in [0.15, 0.2) is 29.8 Å². The number of fused-ring (bicyclic) bond motifs is 1. The third-order valence-corrected chi connectivity index (χ3v) is 2.05. The molecule has 0 atom stereocenters. The van der Waals surface area contributed by atoms with Crippen LogP contribution in [0.5, 0.6) is 0 Å². The summed E-state index contributed by atoms with van der Waals surface area (Å²) in [6.07, 6.45) is 0. The molecule has 0 saturated heterocycles. The van der Waals surface area contributed by atoms with Gasteiger partial charge in [-0.25, -0.2) is 4.98 Å². The van der Waals surface area contributed by atoms with Gasteiger partial charge >= 0.3 is 29.6 Å². The van der Waals surface area contributed by atoms with Gasteiger partial charge in [0.15, 0.2) is 0 Å². The van der Waals surface area contributed by atoms with E-state index in [2.05, 4.69) is 11.1 Å². The van der Waals surface area contributed by atoms with Gasteiger partial charge in [0, 0.05) is 0 Å². The summed E-state index contributed by atoms with van der Waals surface area (Å²) < 4.78 is 1.26. The van der Waals surface area contributed by atoms with E-state index >= 15 is 0 Å². The Hall–Kier alpha value is 0.400. The molecule has 0 aliphatic rings. The normalized spacial score (nSPS) is 8.36. The summed E-state index contributed by atoms with van der Waals surface area (Å²) in [4.78, 5) is 4.14. The fourth-order valence-electron chi connectivity index (χ4n) is 0.803. The van der Waals surface area contributed by atoms with E-state index in [1.165, 1.54) is 4.70 Å². The van der Waals surface area contributed by atoms with Gasteiger partial charge in [-0.3, -0.25) is 0 Å². The second-order valence-electron chi connectivity index (χ2n) is 1.82. The molecule has 1 heterocycles. The van der Waals surface area contributed by atoms with Gasteiger partial charge in [-0.1, -0.05) is 12.1 Å². The molecule has 54 valence electrons. The summed E-state index contributed by atoms with van der Waals surface area (Å²) in [7, 11) is 0. The number of nitrogens with zero attached hydrogens (tertiary/aromatic N) is 1. The van der Waals surface area contributed by atoms with Gasteiger partial charge in [-0.05, 0) is 12.1 Å². The summed E-state index contributed by atoms with van der Waals surface area (Å²) in [5.74, 6) is 0. The van der Waals surface area contributed by atoms with Crippen molar-refractivity contribution in [3.8, 4) is 0 Å². The fraction of sp³-hybridized carbons (Fsp3) is 0. The smallest absolute Gasteiger partial charge is 1.00 e. The number of halogens is 1. The maximum atomic E-state index is 4.14. The van der Waals surface area contributed by atoms with Gasteiger partial charge in [-0.2, -0.15) is 0 Å². The first-order chi connectivity index (χ1) is 4.47. The summed E-state index contributed by atoms with van der Waals surface area (Å²) in [6, 6.07) is 8.13. The van der Waals surface area contributed by atoms with Gasteiger partial charge in [0.05, 0.1) is 15.7 Å². The van der Waals surface area contributed by atoms with Crippen LogP contribution in [0, 0.1) is 0 Å². The van der Waals surface area contributed by atoms with Crippen LogP contribution < -0.4 is 29.6 Å². The molecule has 0 amide bonds. The van der Waals surface area contributed by atoms with Crippen LogP contribution in [0.1, 0.15) is 1.43 Å². The maximum Gasteiger partial charge on any atom is 1.00 e. The Balaban J connectivity index is 0. The molecule has 0 spiro atoms. The van der Waals surface area contributed by atoms with Crippen molar-refractivity contribution in [3.63, 3.8) is 0 Å². The van der Waals surface area contributed by atoms with Crippen LogP contribution in [0.3, 0.4) is 0 Å². The molecule has 0 aliphatic heterocycles. The van der Waals surface area contributed by atoms with Crippen molar-refractivity contribution in [1.29, 1.82) is 0 Å². The van der Waals surface area contributed by atoms with Gasteiger partial charge in [0.1, 0.15) is 0 Å². The van der Waals surface area contributed by atoms with E-state index in [0.717, 1.165) is 5.52 Å². The van der Waals surface area contributed by atoms with Crippen LogP contribution in [-0.2, 0) is 0 Å². The summed E-state index contributed by atoms with van der Waals surface area (Å²) in [5.41, 5.74) is 2.97. The third-order valence-electron chi connectivity index (χ3n) is 1.24. The minimum Gasteiger partial charge on any atom is -1.00 e. The predicted molar refractivity (Wildman–Crippen MR) is 48.0 cm³/mol. The van der Waals surface area contributed by atoms with Crippen molar-refractivity contribution in [3.05, 3.63) is 29.8 Å². The SMILES string of the molecule is Cl.[H-].[Na+].c1ccc2scnc2c1. The molecule has 1 aromatic heterocycles. The number of aromatic nitrogens is 1. The second-order valence-corrected chi connectivity index (χ2v) is 2.71. The number of thiazole rings is 1. The first-order valence-electron chi connectivity index (χ1n) is 2.75. The zero-order chi connectivity index (χ0) is 6.10.